The second-order valence-electron chi connectivity index (χ2n) is 7.70. The molecule has 0 radical (unpaired) electrons. The Morgan fingerprint density at radius 3 is 2.75 bits per heavy atom. The minimum Gasteiger partial charge on any atom is -0.362 e. The number of nitrogens with one attached hydrogen (secondary N) is 3. The van der Waals surface area contributed by atoms with Crippen LogP contribution in [0.15, 0.2) is 71.5 Å². The summed E-state index contributed by atoms with van der Waals surface area (Å²) in [6, 6.07) is 10.2. The van der Waals surface area contributed by atoms with Crippen molar-refractivity contribution >= 4 is 34.1 Å². The van der Waals surface area contributed by atoms with Crippen molar-refractivity contribution in [1.29, 1.82) is 0 Å². The number of rotatable bonds is 2. The number of aliphatic imine (C=N–C) groups is 1. The molecule has 2 aliphatic rings. The Morgan fingerprint density at radius 1 is 1.16 bits per heavy atom. The topological polar surface area (TPSA) is 65.5 Å². The lowest BCUT2D eigenvalue weighted by molar-refractivity contribution is -0.137. The monoisotopic (exact) mass is 460 g/mol. The van der Waals surface area contributed by atoms with E-state index in [0.29, 0.717) is 17.1 Å². The van der Waals surface area contributed by atoms with Crippen molar-refractivity contribution in [3.63, 3.8) is 0 Å². The van der Waals surface area contributed by atoms with Crippen LogP contribution < -0.4 is 16.0 Å². The van der Waals surface area contributed by atoms with Gasteiger partial charge in [-0.15, -0.1) is 0 Å². The normalized spacial score (nSPS) is 25.0. The van der Waals surface area contributed by atoms with Gasteiger partial charge in [-0.05, 0) is 60.4 Å². The highest BCUT2D eigenvalue weighted by atomic mass is 35.5. The van der Waals surface area contributed by atoms with Gasteiger partial charge in [0.15, 0.2) is 0 Å². The molecule has 0 aromatic heterocycles. The first kappa shape index (κ1) is 22.0. The number of alkyl halides is 3. The second-order valence-corrected chi connectivity index (χ2v) is 8.09. The average molecular weight is 461 g/mol. The Hall–Kier alpha value is -3.26. The average Bonchev–Trinajstić information content (AvgIpc) is 2.70. The van der Waals surface area contributed by atoms with Gasteiger partial charge in [0.25, 0.3) is 5.91 Å². The molecule has 0 spiro atoms. The highest BCUT2D eigenvalue weighted by Gasteiger charge is 2.32. The fourth-order valence-electron chi connectivity index (χ4n) is 3.51. The lowest BCUT2D eigenvalue weighted by Crippen LogP contribution is -2.29. The molecule has 0 saturated heterocycles. The van der Waals surface area contributed by atoms with Crippen LogP contribution in [0.4, 0.5) is 24.5 Å². The summed E-state index contributed by atoms with van der Waals surface area (Å²) < 4.78 is 40.4. The summed E-state index contributed by atoms with van der Waals surface area (Å²) in [6.07, 6.45) is 1.08. The van der Waals surface area contributed by atoms with E-state index < -0.39 is 23.8 Å². The van der Waals surface area contributed by atoms with Crippen LogP contribution in [0.3, 0.4) is 0 Å². The number of hydrogen-bond donors (Lipinski definition) is 3. The standard InChI is InChI=1S/C23H20ClF3N4O/c1-13-4-2-7-19(24)30-20(8-13)31-21-14-5-3-6-17(10-14)29-22(32)15-9-16(23(25,26)27)12-18(11-15)28-21/h2-3,5-13,21,28,31H,4H2,1H3,(H,29,32)/b7-2+,20-8+,30-19-/t13?,21-/m1/s1. The van der Waals surface area contributed by atoms with Crippen LogP contribution in [0.25, 0.3) is 0 Å². The van der Waals surface area contributed by atoms with Gasteiger partial charge in [-0.25, -0.2) is 4.99 Å². The molecule has 2 aromatic carbocycles. The van der Waals surface area contributed by atoms with Crippen molar-refractivity contribution in [2.24, 2.45) is 10.9 Å². The number of carbonyl (C=O) groups excluding carboxylic acids is 1. The number of anilines is 2. The maximum Gasteiger partial charge on any atom is 0.416 e. The molecule has 9 heteroatoms. The summed E-state index contributed by atoms with van der Waals surface area (Å²) in [7, 11) is 0. The minimum absolute atomic E-state index is 0.0987. The molecule has 2 atom stereocenters. The van der Waals surface area contributed by atoms with Gasteiger partial charge in [0.2, 0.25) is 0 Å². The highest BCUT2D eigenvalue weighted by molar-refractivity contribution is 6.68. The summed E-state index contributed by atoms with van der Waals surface area (Å²) in [5.41, 5.74) is 0.288. The quantitative estimate of drug-likeness (QED) is 0.511. The molecule has 0 saturated carbocycles. The van der Waals surface area contributed by atoms with Crippen LogP contribution in [0.5, 0.6) is 0 Å². The largest absolute Gasteiger partial charge is 0.416 e. The first-order valence-corrected chi connectivity index (χ1v) is 10.3. The summed E-state index contributed by atoms with van der Waals surface area (Å²) in [6.45, 7) is 2.02. The number of nitrogens with zero attached hydrogens (tertiary/aromatic N) is 1. The Kier molecular flexibility index (Phi) is 5.97. The summed E-state index contributed by atoms with van der Waals surface area (Å²) >= 11 is 6.16. The number of halogens is 4. The molecule has 32 heavy (non-hydrogen) atoms. The number of amides is 1. The Balaban J connectivity index is 1.78. The minimum atomic E-state index is -4.60. The molecular formula is C23H20ClF3N4O. The van der Waals surface area contributed by atoms with E-state index in [2.05, 4.69) is 20.9 Å². The van der Waals surface area contributed by atoms with Crippen molar-refractivity contribution < 1.29 is 18.0 Å². The Labute approximate surface area is 188 Å². The van der Waals surface area contributed by atoms with Gasteiger partial charge >= 0.3 is 6.18 Å². The molecule has 2 aromatic rings. The fourth-order valence-corrected chi connectivity index (χ4v) is 3.69. The van der Waals surface area contributed by atoms with Gasteiger partial charge in [-0.1, -0.05) is 36.7 Å². The Bertz CT molecular complexity index is 1140. The molecule has 1 unspecified atom stereocenters. The molecule has 166 valence electrons. The van der Waals surface area contributed by atoms with E-state index in [1.807, 2.05) is 19.1 Å². The third-order valence-electron chi connectivity index (χ3n) is 5.04. The molecule has 2 aliphatic heterocycles. The predicted octanol–water partition coefficient (Wildman–Crippen LogP) is 6.05. The van der Waals surface area contributed by atoms with Gasteiger partial charge in [-0.2, -0.15) is 13.2 Å². The number of benzene rings is 2. The zero-order valence-corrected chi connectivity index (χ0v) is 17.8. The van der Waals surface area contributed by atoms with E-state index in [-0.39, 0.29) is 22.3 Å². The van der Waals surface area contributed by atoms with Crippen molar-refractivity contribution in [3.8, 4) is 0 Å². The molecule has 5 nitrogen and oxygen atoms in total. The third kappa shape index (κ3) is 5.13. The first-order chi connectivity index (χ1) is 15.2. The van der Waals surface area contributed by atoms with Gasteiger partial charge in [0.05, 0.1) is 5.56 Å². The van der Waals surface area contributed by atoms with Crippen LogP contribution in [0, 0.1) is 5.92 Å². The summed E-state index contributed by atoms with van der Waals surface area (Å²) in [4.78, 5) is 16.9. The lowest BCUT2D eigenvalue weighted by atomic mass is 10.0. The fraction of sp³-hybridized carbons (Fsp3) is 0.217. The number of carbonyl (C=O) groups is 1. The molecule has 3 N–H and O–H groups in total. The number of fused-ring (bicyclic) bond motifs is 4. The second kappa shape index (κ2) is 8.70. The zero-order chi connectivity index (χ0) is 22.9. The molecule has 0 fully saturated rings. The molecule has 0 aliphatic carbocycles. The number of allylic oxidation sites excluding steroid dienone is 3. The smallest absolute Gasteiger partial charge is 0.362 e. The van der Waals surface area contributed by atoms with Crippen molar-refractivity contribution in [1.82, 2.24) is 5.32 Å². The van der Waals surface area contributed by atoms with Crippen LogP contribution in [0.1, 0.15) is 41.0 Å². The maximum atomic E-state index is 13.5. The van der Waals surface area contributed by atoms with E-state index in [4.69, 9.17) is 11.6 Å². The van der Waals surface area contributed by atoms with Gasteiger partial charge in [0, 0.05) is 16.9 Å². The lowest BCUT2D eigenvalue weighted by Gasteiger charge is -2.26. The third-order valence-corrected chi connectivity index (χ3v) is 5.25. The van der Waals surface area contributed by atoms with Crippen molar-refractivity contribution in [2.75, 3.05) is 10.6 Å². The van der Waals surface area contributed by atoms with E-state index in [1.165, 1.54) is 6.07 Å². The van der Waals surface area contributed by atoms with E-state index in [0.717, 1.165) is 18.6 Å². The van der Waals surface area contributed by atoms with Crippen molar-refractivity contribution in [2.45, 2.75) is 25.7 Å². The van der Waals surface area contributed by atoms with Gasteiger partial charge < -0.3 is 16.0 Å². The summed E-state index contributed by atoms with van der Waals surface area (Å²) in [5.74, 6) is 0.0399. The summed E-state index contributed by atoms with van der Waals surface area (Å²) in [5, 5.41) is 9.27. The predicted molar refractivity (Wildman–Crippen MR) is 120 cm³/mol. The number of hydrogen-bond acceptors (Lipinski definition) is 4. The van der Waals surface area contributed by atoms with Crippen LogP contribution >= 0.6 is 11.6 Å². The molecule has 1 amide bonds. The Morgan fingerprint density at radius 2 is 1.97 bits per heavy atom. The molecule has 4 bridgehead atoms. The molecular weight excluding hydrogens is 441 g/mol. The van der Waals surface area contributed by atoms with Gasteiger partial charge in [0.1, 0.15) is 17.2 Å². The zero-order valence-electron chi connectivity index (χ0n) is 17.0. The molecule has 2 heterocycles. The van der Waals surface area contributed by atoms with Crippen LogP contribution in [0.2, 0.25) is 0 Å². The van der Waals surface area contributed by atoms with E-state index in [1.54, 1.807) is 30.3 Å². The van der Waals surface area contributed by atoms with E-state index in [9.17, 15) is 18.0 Å². The SMILES string of the molecule is CC1\C=C(N[C@H]2Nc3cc(cc(C(F)(F)F)c3)C(=O)Nc3cccc2c3)/N=C(Cl)/C=C/C1. The van der Waals surface area contributed by atoms with Gasteiger partial charge in [-0.3, -0.25) is 4.79 Å². The maximum absolute atomic E-state index is 13.5. The molecule has 4 rings (SSSR count). The van der Waals surface area contributed by atoms with E-state index >= 15 is 0 Å². The van der Waals surface area contributed by atoms with Crippen LogP contribution in [-0.2, 0) is 6.18 Å². The highest BCUT2D eigenvalue weighted by Crippen LogP contribution is 2.34. The van der Waals surface area contributed by atoms with Crippen LogP contribution in [-0.4, -0.2) is 11.1 Å². The first-order valence-electron chi connectivity index (χ1n) is 9.96. The van der Waals surface area contributed by atoms with Crippen molar-refractivity contribution in [3.05, 3.63) is 83.2 Å².